The fourth-order valence-electron chi connectivity index (χ4n) is 3.87. The van der Waals surface area contributed by atoms with Crippen LogP contribution in [-0.2, 0) is 9.47 Å². The summed E-state index contributed by atoms with van der Waals surface area (Å²) in [6.07, 6.45) is 0. The highest BCUT2D eigenvalue weighted by molar-refractivity contribution is 5.63. The fourth-order valence-corrected chi connectivity index (χ4v) is 3.87. The minimum atomic E-state index is 0.349. The molecule has 6 nitrogen and oxygen atoms in total. The van der Waals surface area contributed by atoms with Crippen molar-refractivity contribution in [1.82, 2.24) is 0 Å². The van der Waals surface area contributed by atoms with Crippen molar-refractivity contribution < 1.29 is 9.47 Å². The average molecular weight is 511 g/mol. The van der Waals surface area contributed by atoms with Gasteiger partial charge in [-0.15, -0.1) is 0 Å². The van der Waals surface area contributed by atoms with Crippen molar-refractivity contribution in [2.45, 2.75) is 6.92 Å². The molecule has 4 N–H and O–H groups in total. The van der Waals surface area contributed by atoms with Gasteiger partial charge in [-0.05, 0) is 72.8 Å². The van der Waals surface area contributed by atoms with Crippen molar-refractivity contribution in [3.63, 3.8) is 0 Å². The van der Waals surface area contributed by atoms with Gasteiger partial charge in [0, 0.05) is 53.1 Å². The fraction of sp³-hybridized carbons (Fsp3) is 0.250. The molecule has 0 spiro atoms. The van der Waals surface area contributed by atoms with Crippen LogP contribution in [-0.4, -0.2) is 39.5 Å². The maximum Gasteiger partial charge on any atom is 0.0639 e. The third kappa shape index (κ3) is 9.81. The molecule has 0 saturated heterocycles. The first-order chi connectivity index (χ1) is 18.7. The van der Waals surface area contributed by atoms with Gasteiger partial charge in [0.25, 0.3) is 0 Å². The summed E-state index contributed by atoms with van der Waals surface area (Å²) in [6.45, 7) is 6.37. The minimum absolute atomic E-state index is 0.349. The van der Waals surface area contributed by atoms with E-state index in [1.54, 1.807) is 0 Å². The molecule has 6 heteroatoms. The topological polar surface area (TPSA) is 66.6 Å². The van der Waals surface area contributed by atoms with Gasteiger partial charge in [0.05, 0.1) is 26.4 Å². The predicted octanol–water partition coefficient (Wildman–Crippen LogP) is 7.37. The van der Waals surface area contributed by atoms with E-state index in [0.29, 0.717) is 32.3 Å². The summed E-state index contributed by atoms with van der Waals surface area (Å²) in [5.41, 5.74) is 6.46. The van der Waals surface area contributed by atoms with Crippen molar-refractivity contribution in [3.8, 4) is 0 Å². The molecular formula is C32H38N4O2. The molecule has 0 radical (unpaired) electrons. The Morgan fingerprint density at radius 3 is 1.21 bits per heavy atom. The van der Waals surface area contributed by atoms with Crippen molar-refractivity contribution in [2.24, 2.45) is 5.92 Å². The van der Waals surface area contributed by atoms with Gasteiger partial charge in [-0.2, -0.15) is 0 Å². The van der Waals surface area contributed by atoms with Crippen LogP contribution in [0.1, 0.15) is 6.92 Å². The SMILES string of the molecule is CC(COCCNc1ccc(Nc2ccccc2)cc1)COCCNc1ccc(Nc2ccccc2)cc1. The molecule has 4 rings (SSSR count). The van der Waals surface area contributed by atoms with Crippen LogP contribution in [0.4, 0.5) is 34.1 Å². The number of para-hydroxylation sites is 2. The first kappa shape index (κ1) is 27.0. The summed E-state index contributed by atoms with van der Waals surface area (Å²) < 4.78 is 11.6. The molecule has 0 aliphatic carbocycles. The Morgan fingerprint density at radius 2 is 0.816 bits per heavy atom. The van der Waals surface area contributed by atoms with Crippen LogP contribution in [0.3, 0.4) is 0 Å². The number of benzene rings is 4. The van der Waals surface area contributed by atoms with Gasteiger partial charge in [-0.3, -0.25) is 0 Å². The van der Waals surface area contributed by atoms with Gasteiger partial charge in [-0.1, -0.05) is 43.3 Å². The second kappa shape index (κ2) is 15.3. The number of ether oxygens (including phenoxy) is 2. The minimum Gasteiger partial charge on any atom is -0.383 e. The van der Waals surface area contributed by atoms with E-state index in [1.807, 2.05) is 36.4 Å². The number of anilines is 6. The lowest BCUT2D eigenvalue weighted by atomic mass is 10.2. The van der Waals surface area contributed by atoms with E-state index in [2.05, 4.69) is 101 Å². The van der Waals surface area contributed by atoms with Crippen LogP contribution in [0.15, 0.2) is 109 Å². The second-order valence-corrected chi connectivity index (χ2v) is 9.25. The van der Waals surface area contributed by atoms with Gasteiger partial charge in [0.2, 0.25) is 0 Å². The smallest absolute Gasteiger partial charge is 0.0639 e. The van der Waals surface area contributed by atoms with Gasteiger partial charge in [-0.25, -0.2) is 0 Å². The van der Waals surface area contributed by atoms with E-state index >= 15 is 0 Å². The molecule has 0 bridgehead atoms. The summed E-state index contributed by atoms with van der Waals surface area (Å²) in [4.78, 5) is 0. The Balaban J connectivity index is 1.01. The lowest BCUT2D eigenvalue weighted by Crippen LogP contribution is -2.18. The van der Waals surface area contributed by atoms with Crippen LogP contribution in [0.25, 0.3) is 0 Å². The number of hydrogen-bond acceptors (Lipinski definition) is 6. The summed E-state index contributed by atoms with van der Waals surface area (Å²) in [5, 5.41) is 13.6. The number of nitrogens with one attached hydrogen (secondary N) is 4. The monoisotopic (exact) mass is 510 g/mol. The van der Waals surface area contributed by atoms with E-state index in [9.17, 15) is 0 Å². The largest absolute Gasteiger partial charge is 0.383 e. The van der Waals surface area contributed by atoms with E-state index in [1.165, 1.54) is 0 Å². The van der Waals surface area contributed by atoms with Crippen LogP contribution < -0.4 is 21.3 Å². The molecule has 0 aromatic heterocycles. The summed E-state index contributed by atoms with van der Waals surface area (Å²) in [7, 11) is 0. The van der Waals surface area contributed by atoms with Crippen molar-refractivity contribution in [2.75, 3.05) is 60.8 Å². The number of hydrogen-bond donors (Lipinski definition) is 4. The van der Waals surface area contributed by atoms with E-state index in [-0.39, 0.29) is 0 Å². The zero-order valence-corrected chi connectivity index (χ0v) is 22.0. The maximum atomic E-state index is 5.82. The molecule has 0 aliphatic rings. The normalized spacial score (nSPS) is 10.8. The molecular weight excluding hydrogens is 472 g/mol. The Hall–Kier alpha value is -4.00. The number of rotatable bonds is 16. The van der Waals surface area contributed by atoms with Crippen molar-refractivity contribution in [1.29, 1.82) is 0 Å². The Morgan fingerprint density at radius 1 is 0.474 bits per heavy atom. The Labute approximate surface area is 226 Å². The molecule has 0 unspecified atom stereocenters. The van der Waals surface area contributed by atoms with Crippen LogP contribution in [0, 0.1) is 5.92 Å². The highest BCUT2D eigenvalue weighted by Crippen LogP contribution is 2.19. The molecule has 4 aromatic carbocycles. The van der Waals surface area contributed by atoms with Gasteiger partial charge in [0.1, 0.15) is 0 Å². The highest BCUT2D eigenvalue weighted by Gasteiger charge is 2.03. The Bertz CT molecular complexity index is 1070. The third-order valence-corrected chi connectivity index (χ3v) is 5.85. The summed E-state index contributed by atoms with van der Waals surface area (Å²) in [5.74, 6) is 0.349. The zero-order chi connectivity index (χ0) is 26.3. The summed E-state index contributed by atoms with van der Waals surface area (Å²) in [6, 6.07) is 36.9. The lowest BCUT2D eigenvalue weighted by Gasteiger charge is -2.14. The molecule has 0 aliphatic heterocycles. The van der Waals surface area contributed by atoms with Gasteiger partial charge >= 0.3 is 0 Å². The quantitative estimate of drug-likeness (QED) is 0.118. The summed E-state index contributed by atoms with van der Waals surface area (Å²) >= 11 is 0. The first-order valence-corrected chi connectivity index (χ1v) is 13.2. The third-order valence-electron chi connectivity index (χ3n) is 5.85. The molecule has 0 amide bonds. The highest BCUT2D eigenvalue weighted by atomic mass is 16.5. The molecule has 38 heavy (non-hydrogen) atoms. The van der Waals surface area contributed by atoms with Gasteiger partial charge in [0.15, 0.2) is 0 Å². The van der Waals surface area contributed by atoms with Crippen molar-refractivity contribution in [3.05, 3.63) is 109 Å². The molecule has 198 valence electrons. The first-order valence-electron chi connectivity index (χ1n) is 13.2. The van der Waals surface area contributed by atoms with E-state index in [4.69, 9.17) is 9.47 Å². The van der Waals surface area contributed by atoms with E-state index < -0.39 is 0 Å². The molecule has 0 heterocycles. The van der Waals surface area contributed by atoms with Crippen LogP contribution >= 0.6 is 0 Å². The predicted molar refractivity (Wildman–Crippen MR) is 160 cm³/mol. The van der Waals surface area contributed by atoms with Crippen LogP contribution in [0.5, 0.6) is 0 Å². The average Bonchev–Trinajstić information content (AvgIpc) is 2.95. The zero-order valence-electron chi connectivity index (χ0n) is 22.0. The standard InChI is InChI=1S/C32H38N4O2/c1-26(24-37-22-20-33-27-12-16-31(17-13-27)35-29-8-4-2-5-9-29)25-38-23-21-34-28-14-18-32(19-15-28)36-30-10-6-3-7-11-30/h2-19,26,33-36H,20-25H2,1H3. The molecule has 0 saturated carbocycles. The van der Waals surface area contributed by atoms with E-state index in [0.717, 1.165) is 47.2 Å². The van der Waals surface area contributed by atoms with Crippen molar-refractivity contribution >= 4 is 34.1 Å². The second-order valence-electron chi connectivity index (χ2n) is 9.25. The maximum absolute atomic E-state index is 5.82. The lowest BCUT2D eigenvalue weighted by molar-refractivity contribution is 0.0528. The molecule has 4 aromatic rings. The molecule has 0 fully saturated rings. The Kier molecular flexibility index (Phi) is 10.9. The van der Waals surface area contributed by atoms with Crippen LogP contribution in [0.2, 0.25) is 0 Å². The van der Waals surface area contributed by atoms with Gasteiger partial charge < -0.3 is 30.7 Å². The molecule has 0 atom stereocenters.